The average Bonchev–Trinajstić information content (AvgIpc) is 3.84. The maximum Gasteiger partial charge on any atom is 0.355 e. The van der Waals surface area contributed by atoms with Crippen molar-refractivity contribution in [3.05, 3.63) is 93.7 Å². The minimum atomic E-state index is -0.324. The molecule has 6 aromatic rings. The van der Waals surface area contributed by atoms with Gasteiger partial charge in [-0.25, -0.2) is 4.79 Å². The van der Waals surface area contributed by atoms with Gasteiger partial charge in [0.25, 0.3) is 0 Å². The molecule has 49 heavy (non-hydrogen) atoms. The second-order valence-electron chi connectivity index (χ2n) is 12.6. The number of halogens is 1. The number of esters is 1. The topological polar surface area (TPSA) is 76.1 Å². The number of nitrogens with zero attached hydrogens (tertiary/aromatic N) is 5. The normalized spacial score (nSPS) is 15.2. The van der Waals surface area contributed by atoms with Crippen molar-refractivity contribution in [3.8, 4) is 16.9 Å². The highest BCUT2D eigenvalue weighted by Gasteiger charge is 2.30. The molecule has 0 fully saturated rings. The van der Waals surface area contributed by atoms with E-state index in [0.29, 0.717) is 30.4 Å². The van der Waals surface area contributed by atoms with Crippen LogP contribution < -0.4 is 4.74 Å². The summed E-state index contributed by atoms with van der Waals surface area (Å²) in [6.07, 6.45) is 3.36. The quantitative estimate of drug-likeness (QED) is 0.166. The Hall–Kier alpha value is -3.86. The number of carbonyl (C=O) groups excluding carboxylic acids is 1. The predicted octanol–water partition coefficient (Wildman–Crippen LogP) is 8.76. The first-order chi connectivity index (χ1) is 23.9. The molecular formula is C38H38ClN5O3S2. The molecule has 0 radical (unpaired) electrons. The summed E-state index contributed by atoms with van der Waals surface area (Å²) in [6.45, 7) is 3.54. The van der Waals surface area contributed by atoms with E-state index < -0.39 is 0 Å². The van der Waals surface area contributed by atoms with Gasteiger partial charge in [0.05, 0.1) is 35.1 Å². The fourth-order valence-corrected chi connectivity index (χ4v) is 9.48. The first-order valence-corrected chi connectivity index (χ1v) is 19.4. The summed E-state index contributed by atoms with van der Waals surface area (Å²) in [7, 11) is 3.98. The Morgan fingerprint density at radius 2 is 1.86 bits per heavy atom. The Morgan fingerprint density at radius 1 is 0.980 bits per heavy atom. The lowest BCUT2D eigenvalue weighted by Crippen LogP contribution is -2.13. The number of thioether (sulfide) groups is 2. The van der Waals surface area contributed by atoms with Crippen LogP contribution in [0.4, 0.5) is 0 Å². The zero-order valence-electron chi connectivity index (χ0n) is 27.9. The molecule has 0 saturated heterocycles. The molecule has 3 aromatic heterocycles. The maximum atomic E-state index is 13.6. The molecule has 252 valence electrons. The lowest BCUT2D eigenvalue weighted by atomic mass is 9.97. The molecule has 2 aliphatic rings. The zero-order valence-corrected chi connectivity index (χ0v) is 30.3. The van der Waals surface area contributed by atoms with Crippen LogP contribution in [0.25, 0.3) is 32.8 Å². The first-order valence-electron chi connectivity index (χ1n) is 16.8. The minimum Gasteiger partial charge on any atom is -0.493 e. The lowest BCUT2D eigenvalue weighted by Gasteiger charge is -2.13. The minimum absolute atomic E-state index is 0.300. The highest BCUT2D eigenvalue weighted by atomic mass is 35.5. The van der Waals surface area contributed by atoms with Crippen molar-refractivity contribution < 1.29 is 14.3 Å². The van der Waals surface area contributed by atoms with E-state index in [2.05, 4.69) is 53.2 Å². The fraction of sp³-hybridized carbons (Fsp3) is 0.342. The Labute approximate surface area is 299 Å². The third kappa shape index (κ3) is 5.91. The van der Waals surface area contributed by atoms with Gasteiger partial charge in [-0.2, -0.15) is 10.2 Å². The summed E-state index contributed by atoms with van der Waals surface area (Å²) in [5.41, 5.74) is 8.98. The predicted molar refractivity (Wildman–Crippen MR) is 199 cm³/mol. The van der Waals surface area contributed by atoms with E-state index in [1.165, 1.54) is 11.4 Å². The van der Waals surface area contributed by atoms with Gasteiger partial charge in [-0.15, -0.1) is 23.5 Å². The zero-order chi connectivity index (χ0) is 33.6. The molecular weight excluding hydrogens is 674 g/mol. The van der Waals surface area contributed by atoms with Gasteiger partial charge < -0.3 is 14.0 Å². The molecule has 8 rings (SSSR count). The summed E-state index contributed by atoms with van der Waals surface area (Å²) in [5.74, 6) is 2.85. The Bertz CT molecular complexity index is 2240. The first kappa shape index (κ1) is 32.4. The molecule has 0 atom stereocenters. The number of ether oxygens (including phenoxy) is 2. The number of benzene rings is 3. The SMILES string of the molecule is CCOC(=O)c1c2c3ccc(Cl)c(c3n1C)-c1c(nn3c1CCC3)CSCc1cc(n(C)n1)CSc1cc(c3ccccc3c1)OCCC2. The molecule has 0 N–H and O–H groups in total. The van der Waals surface area contributed by atoms with Crippen LogP contribution in [0.1, 0.15) is 58.6 Å². The van der Waals surface area contributed by atoms with Crippen molar-refractivity contribution in [1.82, 2.24) is 24.1 Å². The summed E-state index contributed by atoms with van der Waals surface area (Å²) in [4.78, 5) is 14.8. The number of aromatic nitrogens is 5. The molecule has 3 aromatic carbocycles. The Balaban J connectivity index is 1.27. The largest absolute Gasteiger partial charge is 0.493 e. The van der Waals surface area contributed by atoms with Crippen LogP contribution in [0.2, 0.25) is 5.02 Å². The fourth-order valence-electron chi connectivity index (χ4n) is 7.40. The standard InChI is InChI=1S/C38H38ClN5O3S2/c1-4-46-38(45)37-28-11-8-16-47-33-19-26(17-23-9-5-6-10-27(23)33)49-21-25-18-24(40-43(25)3)20-48-22-31-35(32-12-7-15-44(32)41-31)34-30(39)14-13-29(28)36(34)42(37)2/h5-6,9-10,13-14,17-19H,4,7-8,11-12,15-16,20-22H2,1-3H3. The van der Waals surface area contributed by atoms with Crippen LogP contribution in [0.5, 0.6) is 5.75 Å². The Kier molecular flexibility index (Phi) is 8.88. The molecule has 5 heterocycles. The lowest BCUT2D eigenvalue weighted by molar-refractivity contribution is 0.0514. The summed E-state index contributed by atoms with van der Waals surface area (Å²) < 4.78 is 18.3. The summed E-state index contributed by atoms with van der Waals surface area (Å²) in [6, 6.07) is 19.0. The number of fused-ring (bicyclic) bond motifs is 10. The monoisotopic (exact) mass is 711 g/mol. The number of rotatable bonds is 2. The number of aryl methyl sites for hydroxylation is 4. The van der Waals surface area contributed by atoms with Crippen molar-refractivity contribution in [2.45, 2.75) is 61.3 Å². The van der Waals surface area contributed by atoms with E-state index in [9.17, 15) is 4.79 Å². The average molecular weight is 712 g/mol. The molecule has 0 unspecified atom stereocenters. The molecule has 8 nitrogen and oxygen atoms in total. The number of carbonyl (C=O) groups is 1. The van der Waals surface area contributed by atoms with E-state index in [4.69, 9.17) is 31.3 Å². The molecule has 0 saturated carbocycles. The van der Waals surface area contributed by atoms with Gasteiger partial charge in [0.1, 0.15) is 11.4 Å². The van der Waals surface area contributed by atoms with Crippen LogP contribution in [-0.4, -0.2) is 43.3 Å². The molecule has 0 aliphatic carbocycles. The highest BCUT2D eigenvalue weighted by molar-refractivity contribution is 7.98. The third-order valence-corrected chi connectivity index (χ3v) is 11.9. The maximum absolute atomic E-state index is 13.6. The molecule has 0 amide bonds. The van der Waals surface area contributed by atoms with E-state index in [1.54, 1.807) is 11.8 Å². The molecule has 0 spiro atoms. The van der Waals surface area contributed by atoms with Gasteiger partial charge in [0.2, 0.25) is 0 Å². The molecule has 2 aliphatic heterocycles. The van der Waals surface area contributed by atoms with E-state index in [-0.39, 0.29) is 5.97 Å². The van der Waals surface area contributed by atoms with Gasteiger partial charge in [0, 0.05) is 76.1 Å². The van der Waals surface area contributed by atoms with Crippen LogP contribution in [0.15, 0.2) is 59.5 Å². The van der Waals surface area contributed by atoms with Gasteiger partial charge in [0.15, 0.2) is 0 Å². The van der Waals surface area contributed by atoms with Crippen molar-refractivity contribution in [3.63, 3.8) is 0 Å². The van der Waals surface area contributed by atoms with Crippen molar-refractivity contribution in [2.75, 3.05) is 13.2 Å². The molecule has 8 bridgehead atoms. The van der Waals surface area contributed by atoms with E-state index in [1.807, 2.05) is 48.1 Å². The number of hydrogen-bond acceptors (Lipinski definition) is 7. The second kappa shape index (κ2) is 13.5. The van der Waals surface area contributed by atoms with Crippen LogP contribution in [0.3, 0.4) is 0 Å². The van der Waals surface area contributed by atoms with E-state index >= 15 is 0 Å². The van der Waals surface area contributed by atoms with Crippen molar-refractivity contribution in [2.24, 2.45) is 14.1 Å². The molecule has 11 heteroatoms. The van der Waals surface area contributed by atoms with Gasteiger partial charge in [-0.3, -0.25) is 9.36 Å². The second-order valence-corrected chi connectivity index (χ2v) is 15.1. The van der Waals surface area contributed by atoms with Crippen molar-refractivity contribution >= 4 is 62.8 Å². The van der Waals surface area contributed by atoms with Crippen molar-refractivity contribution in [1.29, 1.82) is 0 Å². The smallest absolute Gasteiger partial charge is 0.355 e. The van der Waals surface area contributed by atoms with Gasteiger partial charge >= 0.3 is 5.97 Å². The van der Waals surface area contributed by atoms with Crippen LogP contribution in [0, 0.1) is 0 Å². The number of hydrogen-bond donors (Lipinski definition) is 0. The van der Waals surface area contributed by atoms with Gasteiger partial charge in [-0.1, -0.05) is 41.9 Å². The van der Waals surface area contributed by atoms with E-state index in [0.717, 1.165) is 103 Å². The summed E-state index contributed by atoms with van der Waals surface area (Å²) >= 11 is 10.8. The summed E-state index contributed by atoms with van der Waals surface area (Å²) in [5, 5.41) is 13.9. The van der Waals surface area contributed by atoms with Crippen LogP contribution in [-0.2, 0) is 55.5 Å². The van der Waals surface area contributed by atoms with Crippen LogP contribution >= 0.6 is 35.1 Å². The Morgan fingerprint density at radius 3 is 2.73 bits per heavy atom. The van der Waals surface area contributed by atoms with Gasteiger partial charge in [-0.05, 0) is 67.8 Å². The third-order valence-electron chi connectivity index (χ3n) is 9.57. The highest BCUT2D eigenvalue weighted by Crippen LogP contribution is 2.44.